The average Bonchev–Trinajstić information content (AvgIpc) is 3.42. The number of hydrogen-bond acceptors (Lipinski definition) is 5. The zero-order valence-corrected chi connectivity index (χ0v) is 20.9. The highest BCUT2D eigenvalue weighted by atomic mass is 127. The lowest BCUT2D eigenvalue weighted by atomic mass is 10.1. The van der Waals surface area contributed by atoms with Crippen molar-refractivity contribution < 1.29 is 0 Å². The summed E-state index contributed by atoms with van der Waals surface area (Å²) in [5.41, 5.74) is 8.18. The van der Waals surface area contributed by atoms with Crippen molar-refractivity contribution in [1.82, 2.24) is 20.4 Å². The summed E-state index contributed by atoms with van der Waals surface area (Å²) in [6.45, 7) is 3.73. The molecule has 0 bridgehead atoms. The molecule has 2 heterocycles. The number of thiophene rings is 1. The maximum atomic E-state index is 9.52. The van der Waals surface area contributed by atoms with Crippen molar-refractivity contribution in [3.8, 4) is 11.8 Å². The monoisotopic (exact) mass is 549 g/mol. The van der Waals surface area contributed by atoms with E-state index in [0.29, 0.717) is 23.7 Å². The third-order valence-electron chi connectivity index (χ3n) is 4.82. The van der Waals surface area contributed by atoms with Crippen molar-refractivity contribution in [2.75, 3.05) is 25.9 Å². The summed E-state index contributed by atoms with van der Waals surface area (Å²) in [5, 5.41) is 22.9. The van der Waals surface area contributed by atoms with Gasteiger partial charge in [0.25, 0.3) is 0 Å². The Balaban J connectivity index is 0.00000341. The molecule has 0 aliphatic carbocycles. The molecule has 2 aromatic heterocycles. The molecule has 0 saturated heterocycles. The Labute approximate surface area is 204 Å². The lowest BCUT2D eigenvalue weighted by molar-refractivity contribution is 0.690. The molecule has 0 amide bonds. The maximum Gasteiger partial charge on any atom is 0.190 e. The van der Waals surface area contributed by atoms with Crippen LogP contribution in [0.4, 0.5) is 5.82 Å². The number of anilines is 1. The topological polar surface area (TPSA) is 104 Å². The molecule has 0 radical (unpaired) electrons. The number of hydrogen-bond donors (Lipinski definition) is 3. The zero-order chi connectivity index (χ0) is 21.3. The van der Waals surface area contributed by atoms with Crippen molar-refractivity contribution in [2.45, 2.75) is 25.7 Å². The number of halogens is 1. The largest absolute Gasteiger partial charge is 0.382 e. The maximum absolute atomic E-state index is 9.52. The van der Waals surface area contributed by atoms with Crippen molar-refractivity contribution in [2.24, 2.45) is 4.99 Å². The van der Waals surface area contributed by atoms with Gasteiger partial charge in [0.1, 0.15) is 17.5 Å². The van der Waals surface area contributed by atoms with Gasteiger partial charge in [0, 0.05) is 30.9 Å². The van der Waals surface area contributed by atoms with E-state index in [9.17, 15) is 5.26 Å². The minimum atomic E-state index is 0. The molecule has 0 aliphatic rings. The van der Waals surface area contributed by atoms with Crippen LogP contribution < -0.4 is 16.4 Å². The van der Waals surface area contributed by atoms with Crippen LogP contribution in [0, 0.1) is 11.3 Å². The predicted molar refractivity (Wildman–Crippen MR) is 139 cm³/mol. The van der Waals surface area contributed by atoms with E-state index in [1.165, 1.54) is 4.88 Å². The number of benzene rings is 1. The average molecular weight is 549 g/mol. The molecule has 164 valence electrons. The third kappa shape index (κ3) is 6.45. The third-order valence-corrected chi connectivity index (χ3v) is 5.92. The molecule has 1 atom stereocenters. The highest BCUT2D eigenvalue weighted by Gasteiger charge is 2.16. The van der Waals surface area contributed by atoms with Crippen LogP contribution in [0.25, 0.3) is 5.69 Å². The van der Waals surface area contributed by atoms with Gasteiger partial charge in [-0.1, -0.05) is 31.2 Å². The molecular weight excluding hydrogens is 521 g/mol. The number of nitrogens with two attached hydrogens (primary N) is 1. The smallest absolute Gasteiger partial charge is 0.190 e. The van der Waals surface area contributed by atoms with Gasteiger partial charge < -0.3 is 16.4 Å². The second-order valence-corrected chi connectivity index (χ2v) is 7.95. The Morgan fingerprint density at radius 3 is 2.68 bits per heavy atom. The molecule has 4 N–H and O–H groups in total. The van der Waals surface area contributed by atoms with Crippen LogP contribution in [0.3, 0.4) is 0 Å². The van der Waals surface area contributed by atoms with Crippen LogP contribution >= 0.6 is 35.3 Å². The summed E-state index contributed by atoms with van der Waals surface area (Å²) in [6.07, 6.45) is 1.46. The molecule has 3 aromatic rings. The lowest BCUT2D eigenvalue weighted by Gasteiger charge is -2.15. The first-order valence-corrected chi connectivity index (χ1v) is 10.8. The molecule has 0 aliphatic heterocycles. The van der Waals surface area contributed by atoms with Gasteiger partial charge in [-0.25, -0.2) is 4.68 Å². The first kappa shape index (κ1) is 24.7. The fourth-order valence-electron chi connectivity index (χ4n) is 3.15. The molecule has 3 rings (SSSR count). The van der Waals surface area contributed by atoms with Crippen molar-refractivity contribution in [3.05, 3.63) is 64.0 Å². The molecule has 9 heteroatoms. The standard InChI is InChI=1S/C22H27N7S.HI/c1-16(20-11-7-13-30-20)15-27-22(25-2)26-12-6-10-19-18(14-23)21(24)29(28-19)17-8-4-3-5-9-17;/h3-5,7-9,11,13,16H,6,10,12,15,24H2,1-2H3,(H2,25,26,27);1H. The Kier molecular flexibility index (Phi) is 9.81. The number of aliphatic imine (C=N–C) groups is 1. The van der Waals surface area contributed by atoms with E-state index in [1.807, 2.05) is 30.3 Å². The molecular formula is C22H28IN7S. The van der Waals surface area contributed by atoms with Crippen LogP contribution in [0.5, 0.6) is 0 Å². The van der Waals surface area contributed by atoms with Gasteiger partial charge in [-0.05, 0) is 36.4 Å². The minimum Gasteiger partial charge on any atom is -0.382 e. The molecule has 1 aromatic carbocycles. The summed E-state index contributed by atoms with van der Waals surface area (Å²) in [7, 11) is 1.77. The lowest BCUT2D eigenvalue weighted by Crippen LogP contribution is -2.39. The highest BCUT2D eigenvalue weighted by Crippen LogP contribution is 2.21. The number of rotatable bonds is 8. The number of nitrogen functional groups attached to an aromatic ring is 1. The van der Waals surface area contributed by atoms with Crippen LogP contribution in [-0.4, -0.2) is 35.9 Å². The van der Waals surface area contributed by atoms with E-state index in [1.54, 1.807) is 23.1 Å². The highest BCUT2D eigenvalue weighted by molar-refractivity contribution is 14.0. The molecule has 1 unspecified atom stereocenters. The quantitative estimate of drug-likeness (QED) is 0.171. The fraction of sp³-hybridized carbons (Fsp3) is 0.318. The number of nitrogens with one attached hydrogen (secondary N) is 2. The Morgan fingerprint density at radius 1 is 1.26 bits per heavy atom. The number of nitrogens with zero attached hydrogens (tertiary/aromatic N) is 4. The fourth-order valence-corrected chi connectivity index (χ4v) is 3.93. The van der Waals surface area contributed by atoms with Crippen molar-refractivity contribution >= 4 is 47.1 Å². The Hall–Kier alpha value is -2.58. The van der Waals surface area contributed by atoms with Gasteiger partial charge in [-0.3, -0.25) is 4.99 Å². The van der Waals surface area contributed by atoms with E-state index >= 15 is 0 Å². The number of para-hydroxylation sites is 1. The summed E-state index contributed by atoms with van der Waals surface area (Å²) in [6, 6.07) is 16.0. The van der Waals surface area contributed by atoms with E-state index in [4.69, 9.17) is 5.73 Å². The summed E-state index contributed by atoms with van der Waals surface area (Å²) in [4.78, 5) is 5.64. The van der Waals surface area contributed by atoms with E-state index in [0.717, 1.165) is 36.9 Å². The summed E-state index contributed by atoms with van der Waals surface area (Å²) < 4.78 is 1.63. The first-order valence-electron chi connectivity index (χ1n) is 9.94. The van der Waals surface area contributed by atoms with Gasteiger partial charge in [-0.2, -0.15) is 10.4 Å². The van der Waals surface area contributed by atoms with Gasteiger partial charge in [-0.15, -0.1) is 35.3 Å². The molecule has 0 spiro atoms. The van der Waals surface area contributed by atoms with Gasteiger partial charge >= 0.3 is 0 Å². The summed E-state index contributed by atoms with van der Waals surface area (Å²) in [5.74, 6) is 1.58. The van der Waals surface area contributed by atoms with Crippen molar-refractivity contribution in [3.63, 3.8) is 0 Å². The zero-order valence-electron chi connectivity index (χ0n) is 17.7. The second kappa shape index (κ2) is 12.3. The Morgan fingerprint density at radius 2 is 2.03 bits per heavy atom. The first-order chi connectivity index (χ1) is 14.6. The number of aryl methyl sites for hydroxylation is 1. The van der Waals surface area contributed by atoms with E-state index in [-0.39, 0.29) is 24.0 Å². The van der Waals surface area contributed by atoms with Gasteiger partial charge in [0.2, 0.25) is 0 Å². The Bertz CT molecular complexity index is 1010. The van der Waals surface area contributed by atoms with Crippen LogP contribution in [0.15, 0.2) is 52.8 Å². The van der Waals surface area contributed by atoms with Crippen LogP contribution in [-0.2, 0) is 6.42 Å². The number of nitriles is 1. The van der Waals surface area contributed by atoms with Crippen LogP contribution in [0.2, 0.25) is 0 Å². The SMILES string of the molecule is CN=C(NCCCc1nn(-c2ccccc2)c(N)c1C#N)NCC(C)c1cccs1.I. The second-order valence-electron chi connectivity index (χ2n) is 6.97. The van der Waals surface area contributed by atoms with E-state index < -0.39 is 0 Å². The molecule has 0 fully saturated rings. The minimum absolute atomic E-state index is 0. The van der Waals surface area contributed by atoms with Gasteiger partial charge in [0.05, 0.1) is 11.4 Å². The van der Waals surface area contributed by atoms with Crippen molar-refractivity contribution in [1.29, 1.82) is 5.26 Å². The molecule has 0 saturated carbocycles. The predicted octanol–water partition coefficient (Wildman–Crippen LogP) is 3.91. The summed E-state index contributed by atoms with van der Waals surface area (Å²) >= 11 is 1.77. The number of aromatic nitrogens is 2. The molecule has 7 nitrogen and oxygen atoms in total. The normalized spacial score (nSPS) is 12.0. The molecule has 31 heavy (non-hydrogen) atoms. The number of guanidine groups is 1. The van der Waals surface area contributed by atoms with Crippen LogP contribution in [0.1, 0.15) is 35.4 Å². The van der Waals surface area contributed by atoms with E-state index in [2.05, 4.69) is 51.2 Å². The van der Waals surface area contributed by atoms with Gasteiger partial charge in [0.15, 0.2) is 5.96 Å².